The van der Waals surface area contributed by atoms with E-state index in [1.54, 1.807) is 12.5 Å². The van der Waals surface area contributed by atoms with Gasteiger partial charge >= 0.3 is 0 Å². The fourth-order valence-electron chi connectivity index (χ4n) is 1.67. The summed E-state index contributed by atoms with van der Waals surface area (Å²) in [5, 5.41) is 0. The van der Waals surface area contributed by atoms with Gasteiger partial charge in [-0.2, -0.15) is 11.8 Å². The van der Waals surface area contributed by atoms with Gasteiger partial charge in [-0.05, 0) is 24.3 Å². The first-order valence-electron chi connectivity index (χ1n) is 4.46. The second-order valence-electron chi connectivity index (χ2n) is 3.19. The van der Waals surface area contributed by atoms with Crippen molar-refractivity contribution >= 4 is 18.0 Å². The van der Waals surface area contributed by atoms with E-state index in [4.69, 9.17) is 0 Å². The fraction of sp³-hybridized carbons (Fsp3) is 0.556. The number of nitrogens with zero attached hydrogens (tertiary/aromatic N) is 2. The van der Waals surface area contributed by atoms with Crippen molar-refractivity contribution in [1.29, 1.82) is 0 Å². The number of carbonyl (C=O) groups excluding carboxylic acids is 1. The molecule has 0 bridgehead atoms. The number of thioether (sulfide) groups is 1. The maximum absolute atomic E-state index is 10.7. The van der Waals surface area contributed by atoms with E-state index in [1.807, 2.05) is 16.3 Å². The molecule has 4 heteroatoms. The Labute approximate surface area is 81.5 Å². The van der Waals surface area contributed by atoms with Crippen LogP contribution in [0, 0.1) is 0 Å². The van der Waals surface area contributed by atoms with Crippen molar-refractivity contribution in [2.45, 2.75) is 18.9 Å². The normalized spacial score (nSPS) is 18.8. The van der Waals surface area contributed by atoms with Gasteiger partial charge in [-0.3, -0.25) is 4.79 Å². The zero-order valence-electron chi connectivity index (χ0n) is 7.35. The third-order valence-electron chi connectivity index (χ3n) is 2.40. The molecule has 1 aromatic heterocycles. The van der Waals surface area contributed by atoms with Gasteiger partial charge in [-0.25, -0.2) is 4.98 Å². The zero-order valence-corrected chi connectivity index (χ0v) is 8.17. The summed E-state index contributed by atoms with van der Waals surface area (Å²) in [6.45, 7) is 0. The Kier molecular flexibility index (Phi) is 2.68. The van der Waals surface area contributed by atoms with Crippen molar-refractivity contribution in [3.05, 3.63) is 18.2 Å². The molecule has 1 aromatic rings. The zero-order chi connectivity index (χ0) is 9.10. The first-order chi connectivity index (χ1) is 6.42. The molecular weight excluding hydrogens is 184 g/mol. The second kappa shape index (κ2) is 3.96. The molecule has 0 aromatic carbocycles. The lowest BCUT2D eigenvalue weighted by molar-refractivity contribution is 0.111. The third kappa shape index (κ3) is 1.77. The SMILES string of the molecule is O=Cc1cncn1C1CCSCC1. The summed E-state index contributed by atoms with van der Waals surface area (Å²) in [7, 11) is 0. The summed E-state index contributed by atoms with van der Waals surface area (Å²) >= 11 is 1.99. The highest BCUT2D eigenvalue weighted by molar-refractivity contribution is 7.99. The van der Waals surface area contributed by atoms with Crippen LogP contribution in [-0.4, -0.2) is 27.3 Å². The predicted octanol–water partition coefficient (Wildman–Crippen LogP) is 1.76. The molecule has 0 unspecified atom stereocenters. The molecule has 1 aliphatic rings. The van der Waals surface area contributed by atoms with Gasteiger partial charge in [0.2, 0.25) is 0 Å². The summed E-state index contributed by atoms with van der Waals surface area (Å²) < 4.78 is 2.01. The number of hydrogen-bond donors (Lipinski definition) is 0. The Hall–Kier alpha value is -0.770. The molecule has 0 radical (unpaired) electrons. The molecule has 1 fully saturated rings. The molecule has 0 saturated carbocycles. The molecule has 13 heavy (non-hydrogen) atoms. The van der Waals surface area contributed by atoms with Crippen molar-refractivity contribution in [2.75, 3.05) is 11.5 Å². The lowest BCUT2D eigenvalue weighted by atomic mass is 10.1. The average Bonchev–Trinajstić information content (AvgIpc) is 2.67. The molecule has 3 nitrogen and oxygen atoms in total. The maximum atomic E-state index is 10.7. The Morgan fingerprint density at radius 1 is 1.54 bits per heavy atom. The topological polar surface area (TPSA) is 34.9 Å². The summed E-state index contributed by atoms with van der Waals surface area (Å²) in [6.07, 6.45) is 6.59. The molecule has 0 aliphatic carbocycles. The van der Waals surface area contributed by atoms with Gasteiger partial charge in [0.05, 0.1) is 12.5 Å². The fourth-order valence-corrected chi connectivity index (χ4v) is 2.76. The van der Waals surface area contributed by atoms with E-state index < -0.39 is 0 Å². The molecule has 0 N–H and O–H groups in total. The minimum Gasteiger partial charge on any atom is -0.325 e. The van der Waals surface area contributed by atoms with Gasteiger partial charge in [0.1, 0.15) is 5.69 Å². The minimum atomic E-state index is 0.490. The van der Waals surface area contributed by atoms with Crippen LogP contribution in [0.2, 0.25) is 0 Å². The van der Waals surface area contributed by atoms with Gasteiger partial charge in [-0.1, -0.05) is 0 Å². The maximum Gasteiger partial charge on any atom is 0.168 e. The largest absolute Gasteiger partial charge is 0.325 e. The van der Waals surface area contributed by atoms with E-state index in [9.17, 15) is 4.79 Å². The van der Waals surface area contributed by atoms with Crippen LogP contribution < -0.4 is 0 Å². The van der Waals surface area contributed by atoms with Crippen LogP contribution in [-0.2, 0) is 0 Å². The van der Waals surface area contributed by atoms with Gasteiger partial charge in [0, 0.05) is 6.04 Å². The van der Waals surface area contributed by atoms with Crippen LogP contribution in [0.5, 0.6) is 0 Å². The van der Waals surface area contributed by atoms with Gasteiger partial charge in [0.15, 0.2) is 6.29 Å². The van der Waals surface area contributed by atoms with Crippen LogP contribution >= 0.6 is 11.8 Å². The lowest BCUT2D eigenvalue weighted by Crippen LogP contribution is -2.16. The van der Waals surface area contributed by atoms with Crippen molar-refractivity contribution < 1.29 is 4.79 Å². The number of carbonyl (C=O) groups is 1. The highest BCUT2D eigenvalue weighted by atomic mass is 32.2. The van der Waals surface area contributed by atoms with Crippen LogP contribution in [0.15, 0.2) is 12.5 Å². The van der Waals surface area contributed by atoms with E-state index in [0.717, 1.165) is 19.1 Å². The molecule has 1 aliphatic heterocycles. The quantitative estimate of drug-likeness (QED) is 0.676. The molecule has 0 spiro atoms. The Morgan fingerprint density at radius 3 is 3.00 bits per heavy atom. The van der Waals surface area contributed by atoms with Crippen molar-refractivity contribution in [1.82, 2.24) is 9.55 Å². The standard InChI is InChI=1S/C9H12N2OS/c12-6-9-5-10-7-11(9)8-1-3-13-4-2-8/h5-8H,1-4H2. The van der Waals surface area contributed by atoms with Crippen molar-refractivity contribution in [2.24, 2.45) is 0 Å². The molecule has 0 atom stereocenters. The minimum absolute atomic E-state index is 0.490. The predicted molar refractivity (Wildman–Crippen MR) is 53.2 cm³/mol. The van der Waals surface area contributed by atoms with Crippen LogP contribution in [0.25, 0.3) is 0 Å². The van der Waals surface area contributed by atoms with E-state index in [0.29, 0.717) is 11.7 Å². The van der Waals surface area contributed by atoms with Gasteiger partial charge < -0.3 is 4.57 Å². The van der Waals surface area contributed by atoms with Crippen LogP contribution in [0.3, 0.4) is 0 Å². The second-order valence-corrected chi connectivity index (χ2v) is 4.41. The third-order valence-corrected chi connectivity index (χ3v) is 3.45. The van der Waals surface area contributed by atoms with E-state index in [1.165, 1.54) is 11.5 Å². The highest BCUT2D eigenvalue weighted by Crippen LogP contribution is 2.27. The highest BCUT2D eigenvalue weighted by Gasteiger charge is 2.17. The van der Waals surface area contributed by atoms with Crippen molar-refractivity contribution in [3.8, 4) is 0 Å². The van der Waals surface area contributed by atoms with Crippen LogP contribution in [0.4, 0.5) is 0 Å². The monoisotopic (exact) mass is 196 g/mol. The Bertz CT molecular complexity index is 292. The summed E-state index contributed by atoms with van der Waals surface area (Å²) in [5.74, 6) is 2.39. The smallest absolute Gasteiger partial charge is 0.168 e. The first kappa shape index (κ1) is 8.81. The summed E-state index contributed by atoms with van der Waals surface area (Å²) in [4.78, 5) is 14.7. The average molecular weight is 196 g/mol. The Morgan fingerprint density at radius 2 is 2.31 bits per heavy atom. The van der Waals surface area contributed by atoms with E-state index in [-0.39, 0.29) is 0 Å². The lowest BCUT2D eigenvalue weighted by Gasteiger charge is -2.23. The Balaban J connectivity index is 2.17. The van der Waals surface area contributed by atoms with Crippen molar-refractivity contribution in [3.63, 3.8) is 0 Å². The number of aldehydes is 1. The molecular formula is C9H12N2OS. The first-order valence-corrected chi connectivity index (χ1v) is 5.62. The van der Waals surface area contributed by atoms with E-state index in [2.05, 4.69) is 4.98 Å². The summed E-state index contributed by atoms with van der Waals surface area (Å²) in [6, 6.07) is 0.490. The number of rotatable bonds is 2. The van der Waals surface area contributed by atoms with E-state index >= 15 is 0 Å². The van der Waals surface area contributed by atoms with Crippen LogP contribution in [0.1, 0.15) is 29.4 Å². The molecule has 70 valence electrons. The molecule has 0 amide bonds. The number of imidazole rings is 1. The molecule has 1 saturated heterocycles. The van der Waals surface area contributed by atoms with Gasteiger partial charge in [-0.15, -0.1) is 0 Å². The summed E-state index contributed by atoms with van der Waals surface area (Å²) in [5.41, 5.74) is 0.705. The number of aromatic nitrogens is 2. The number of hydrogen-bond acceptors (Lipinski definition) is 3. The molecule has 2 heterocycles. The molecule has 2 rings (SSSR count). The van der Waals surface area contributed by atoms with Gasteiger partial charge in [0.25, 0.3) is 0 Å².